The number of aryl methyl sites for hydroxylation is 1. The number of amides is 1. The Bertz CT molecular complexity index is 673. The first-order chi connectivity index (χ1) is 10.5. The summed E-state index contributed by atoms with van der Waals surface area (Å²) in [5.41, 5.74) is 0.988. The molecule has 0 aliphatic carbocycles. The van der Waals surface area contributed by atoms with Gasteiger partial charge in [0.15, 0.2) is 0 Å². The highest BCUT2D eigenvalue weighted by Crippen LogP contribution is 2.14. The molecule has 2 aromatic rings. The number of hydrogen-bond donors (Lipinski definition) is 2. The fraction of sp³-hybridized carbons (Fsp3) is 0.312. The summed E-state index contributed by atoms with van der Waals surface area (Å²) >= 11 is 0. The molecule has 1 heterocycles. The van der Waals surface area contributed by atoms with Gasteiger partial charge in [-0.05, 0) is 31.0 Å². The van der Waals surface area contributed by atoms with E-state index in [4.69, 9.17) is 0 Å². The molecular weight excluding hydrogens is 283 g/mol. The quantitative estimate of drug-likeness (QED) is 0.889. The maximum Gasteiger partial charge on any atom is 0.274 e. The number of halogens is 1. The van der Waals surface area contributed by atoms with Crippen LogP contribution in [0.1, 0.15) is 30.0 Å². The van der Waals surface area contributed by atoms with Crippen LogP contribution in [0, 0.1) is 18.7 Å². The summed E-state index contributed by atoms with van der Waals surface area (Å²) < 4.78 is 13.6. The topological polar surface area (TPSA) is 66.9 Å². The van der Waals surface area contributed by atoms with Crippen molar-refractivity contribution in [3.05, 3.63) is 47.5 Å². The number of carbonyl (C=O) groups excluding carboxylic acids is 1. The molecule has 6 heteroatoms. The molecule has 22 heavy (non-hydrogen) atoms. The summed E-state index contributed by atoms with van der Waals surface area (Å²) in [5.74, 6) is -0.129. The molecule has 0 aliphatic heterocycles. The van der Waals surface area contributed by atoms with E-state index in [-0.39, 0.29) is 11.4 Å². The zero-order chi connectivity index (χ0) is 16.1. The standard InChI is InChI=1S/C16H19FN4O/c1-10(2)9-18-16-19-11(3)8-14(21-16)15(22)20-13-7-5-4-6-12(13)17/h4-8,10H,9H2,1-3H3,(H,20,22)(H,18,19,21). The number of rotatable bonds is 5. The molecule has 1 amide bonds. The molecule has 0 aliphatic rings. The van der Waals surface area contributed by atoms with Gasteiger partial charge in [0.1, 0.15) is 11.5 Å². The average molecular weight is 302 g/mol. The minimum Gasteiger partial charge on any atom is -0.354 e. The third-order valence-corrected chi connectivity index (χ3v) is 2.88. The summed E-state index contributed by atoms with van der Waals surface area (Å²) in [7, 11) is 0. The van der Waals surface area contributed by atoms with E-state index in [2.05, 4.69) is 34.4 Å². The molecule has 0 saturated heterocycles. The zero-order valence-corrected chi connectivity index (χ0v) is 12.9. The van der Waals surface area contributed by atoms with Crippen LogP contribution in [-0.4, -0.2) is 22.4 Å². The van der Waals surface area contributed by atoms with E-state index in [0.717, 1.165) is 0 Å². The van der Waals surface area contributed by atoms with E-state index in [0.29, 0.717) is 24.1 Å². The Morgan fingerprint density at radius 3 is 2.68 bits per heavy atom. The predicted molar refractivity (Wildman–Crippen MR) is 84.4 cm³/mol. The molecule has 0 saturated carbocycles. The van der Waals surface area contributed by atoms with Crippen molar-refractivity contribution in [2.45, 2.75) is 20.8 Å². The minimum absolute atomic E-state index is 0.125. The predicted octanol–water partition coefficient (Wildman–Crippen LogP) is 3.24. The van der Waals surface area contributed by atoms with Crippen LogP contribution in [0.15, 0.2) is 30.3 Å². The van der Waals surface area contributed by atoms with Gasteiger partial charge in [-0.15, -0.1) is 0 Å². The van der Waals surface area contributed by atoms with Gasteiger partial charge in [0.2, 0.25) is 5.95 Å². The third-order valence-electron chi connectivity index (χ3n) is 2.88. The summed E-state index contributed by atoms with van der Waals surface area (Å²) in [4.78, 5) is 20.6. The van der Waals surface area contributed by atoms with Gasteiger partial charge in [-0.3, -0.25) is 4.79 Å². The number of nitrogens with zero attached hydrogens (tertiary/aromatic N) is 2. The molecule has 2 N–H and O–H groups in total. The van der Waals surface area contributed by atoms with Gasteiger partial charge >= 0.3 is 0 Å². The Kier molecular flexibility index (Phi) is 5.04. The van der Waals surface area contributed by atoms with Crippen LogP contribution in [0.5, 0.6) is 0 Å². The van der Waals surface area contributed by atoms with Gasteiger partial charge in [-0.2, -0.15) is 0 Å². The monoisotopic (exact) mass is 302 g/mol. The van der Waals surface area contributed by atoms with Crippen LogP contribution in [0.4, 0.5) is 16.0 Å². The number of aromatic nitrogens is 2. The molecule has 0 fully saturated rings. The Labute approximate surface area is 129 Å². The lowest BCUT2D eigenvalue weighted by molar-refractivity contribution is 0.102. The van der Waals surface area contributed by atoms with E-state index in [1.807, 2.05) is 0 Å². The van der Waals surface area contributed by atoms with Crippen LogP contribution in [0.3, 0.4) is 0 Å². The molecule has 0 bridgehead atoms. The SMILES string of the molecule is Cc1cc(C(=O)Nc2ccccc2F)nc(NCC(C)C)n1. The summed E-state index contributed by atoms with van der Waals surface area (Å²) in [6, 6.07) is 7.57. The highest BCUT2D eigenvalue weighted by atomic mass is 19.1. The smallest absolute Gasteiger partial charge is 0.274 e. The van der Waals surface area contributed by atoms with Crippen LogP contribution in [0.2, 0.25) is 0 Å². The second-order valence-corrected chi connectivity index (χ2v) is 5.43. The second kappa shape index (κ2) is 6.98. The van der Waals surface area contributed by atoms with Crippen molar-refractivity contribution >= 4 is 17.5 Å². The zero-order valence-electron chi connectivity index (χ0n) is 12.9. The van der Waals surface area contributed by atoms with E-state index >= 15 is 0 Å². The van der Waals surface area contributed by atoms with E-state index < -0.39 is 11.7 Å². The van der Waals surface area contributed by atoms with Crippen LogP contribution in [0.25, 0.3) is 0 Å². The van der Waals surface area contributed by atoms with Gasteiger partial charge in [0, 0.05) is 12.2 Å². The van der Waals surface area contributed by atoms with Crippen molar-refractivity contribution in [3.63, 3.8) is 0 Å². The first kappa shape index (κ1) is 15.9. The minimum atomic E-state index is -0.486. The summed E-state index contributed by atoms with van der Waals surface area (Å²) in [6.45, 7) is 6.61. The molecule has 2 rings (SSSR count). The first-order valence-electron chi connectivity index (χ1n) is 7.11. The summed E-state index contributed by atoms with van der Waals surface area (Å²) in [6.07, 6.45) is 0. The maximum atomic E-state index is 13.6. The van der Waals surface area contributed by atoms with Crippen LogP contribution >= 0.6 is 0 Å². The Morgan fingerprint density at radius 2 is 2.00 bits per heavy atom. The number of carbonyl (C=O) groups is 1. The fourth-order valence-electron chi connectivity index (χ4n) is 1.81. The normalized spacial score (nSPS) is 10.6. The number of anilines is 2. The Balaban J connectivity index is 2.17. The fourth-order valence-corrected chi connectivity index (χ4v) is 1.81. The van der Waals surface area contributed by atoms with Crippen molar-refractivity contribution < 1.29 is 9.18 Å². The van der Waals surface area contributed by atoms with E-state index in [1.54, 1.807) is 25.1 Å². The number of nitrogens with one attached hydrogen (secondary N) is 2. The van der Waals surface area contributed by atoms with Crippen molar-refractivity contribution in [1.82, 2.24) is 9.97 Å². The average Bonchev–Trinajstić information content (AvgIpc) is 2.47. The molecule has 1 aromatic carbocycles. The highest BCUT2D eigenvalue weighted by molar-refractivity contribution is 6.03. The largest absolute Gasteiger partial charge is 0.354 e. The first-order valence-corrected chi connectivity index (χ1v) is 7.11. The molecule has 0 spiro atoms. The number of para-hydroxylation sites is 1. The van der Waals surface area contributed by atoms with Crippen molar-refractivity contribution in [1.29, 1.82) is 0 Å². The second-order valence-electron chi connectivity index (χ2n) is 5.43. The van der Waals surface area contributed by atoms with Gasteiger partial charge in [-0.1, -0.05) is 26.0 Å². The van der Waals surface area contributed by atoms with Gasteiger partial charge in [0.05, 0.1) is 5.69 Å². The van der Waals surface area contributed by atoms with E-state index in [1.165, 1.54) is 12.1 Å². The van der Waals surface area contributed by atoms with Gasteiger partial charge < -0.3 is 10.6 Å². The molecule has 5 nitrogen and oxygen atoms in total. The lowest BCUT2D eigenvalue weighted by Gasteiger charge is -2.10. The Hall–Kier alpha value is -2.50. The summed E-state index contributed by atoms with van der Waals surface area (Å²) in [5, 5.41) is 5.59. The highest BCUT2D eigenvalue weighted by Gasteiger charge is 2.12. The van der Waals surface area contributed by atoms with Gasteiger partial charge in [0.25, 0.3) is 5.91 Å². The lowest BCUT2D eigenvalue weighted by Crippen LogP contribution is -2.18. The lowest BCUT2D eigenvalue weighted by atomic mass is 10.2. The Morgan fingerprint density at radius 1 is 1.27 bits per heavy atom. The molecule has 0 radical (unpaired) electrons. The van der Waals surface area contributed by atoms with Crippen LogP contribution < -0.4 is 10.6 Å². The molecule has 0 atom stereocenters. The van der Waals surface area contributed by atoms with Crippen molar-refractivity contribution in [3.8, 4) is 0 Å². The number of benzene rings is 1. The molecule has 0 unspecified atom stereocenters. The van der Waals surface area contributed by atoms with Crippen molar-refractivity contribution in [2.75, 3.05) is 17.2 Å². The van der Waals surface area contributed by atoms with Crippen LogP contribution in [-0.2, 0) is 0 Å². The molecule has 116 valence electrons. The van der Waals surface area contributed by atoms with E-state index in [9.17, 15) is 9.18 Å². The van der Waals surface area contributed by atoms with Gasteiger partial charge in [-0.25, -0.2) is 14.4 Å². The molecule has 1 aromatic heterocycles. The van der Waals surface area contributed by atoms with Crippen molar-refractivity contribution in [2.24, 2.45) is 5.92 Å². The maximum absolute atomic E-state index is 13.6. The third kappa shape index (κ3) is 4.25. The number of hydrogen-bond acceptors (Lipinski definition) is 4. The molecular formula is C16H19FN4O.